The van der Waals surface area contributed by atoms with E-state index >= 15 is 0 Å². The van der Waals surface area contributed by atoms with Crippen LogP contribution in [0, 0.1) is 33.6 Å². The summed E-state index contributed by atoms with van der Waals surface area (Å²) in [4.78, 5) is 61.1. The monoisotopic (exact) mass is 880 g/mol. The van der Waals surface area contributed by atoms with Gasteiger partial charge in [-0.15, -0.1) is 0 Å². The quantitative estimate of drug-likeness (QED) is 0.122. The summed E-state index contributed by atoms with van der Waals surface area (Å²) >= 11 is 0. The summed E-state index contributed by atoms with van der Waals surface area (Å²) in [5, 5.41) is 15.5. The zero-order chi connectivity index (χ0) is 45.7. The van der Waals surface area contributed by atoms with Crippen molar-refractivity contribution in [3.8, 4) is 22.5 Å². The van der Waals surface area contributed by atoms with E-state index in [1.165, 1.54) is 5.69 Å². The molecule has 65 heavy (non-hydrogen) atoms. The maximum Gasteiger partial charge on any atom is 0.328 e. The van der Waals surface area contributed by atoms with E-state index in [2.05, 4.69) is 83.3 Å². The van der Waals surface area contributed by atoms with Crippen molar-refractivity contribution >= 4 is 40.3 Å². The topological polar surface area (TPSA) is 183 Å². The third-order valence-electron chi connectivity index (χ3n) is 13.6. The first-order valence-corrected chi connectivity index (χ1v) is 23.0. The average Bonchev–Trinajstić information content (AvgIpc) is 4.02. The number of hydrogen-bond donors (Lipinski definition) is 3. The highest BCUT2D eigenvalue weighted by atomic mass is 16.5. The molecular weight excluding hydrogens is 821 g/mol. The highest BCUT2D eigenvalue weighted by Crippen LogP contribution is 2.37. The van der Waals surface area contributed by atoms with E-state index in [4.69, 9.17) is 14.6 Å². The van der Waals surface area contributed by atoms with Crippen LogP contribution in [0.5, 0.6) is 0 Å². The number of carbonyl (C=O) groups is 3. The van der Waals surface area contributed by atoms with Gasteiger partial charge in [0.2, 0.25) is 5.91 Å². The molecule has 3 aliphatic heterocycles. The van der Waals surface area contributed by atoms with E-state index in [0.717, 1.165) is 126 Å². The molecule has 0 unspecified atom stereocenters. The number of hydrogen-bond acceptors (Lipinski definition) is 11. The van der Waals surface area contributed by atoms with Gasteiger partial charge < -0.3 is 24.6 Å². The number of nitrogens with zero attached hydrogens (tertiary/aromatic N) is 9. The maximum absolute atomic E-state index is 13.0. The summed E-state index contributed by atoms with van der Waals surface area (Å²) in [6.07, 6.45) is 6.35. The SMILES string of the molecule is Cc1cc(-c2ncnc3[nH]c(-c4c(C)nn(C5CCN(CC6CCN(c7ccc(N8CCC(=O)NC8=O)c(C)c7)CC6)CC5)c4C)cc23)ccc1[C@@H](C)NC(=O)c1nc(C(C)(C)C)no1. The minimum atomic E-state index is -0.408. The lowest BCUT2D eigenvalue weighted by molar-refractivity contribution is -0.120. The van der Waals surface area contributed by atoms with Crippen molar-refractivity contribution in [1.82, 2.24) is 50.4 Å². The second-order valence-corrected chi connectivity index (χ2v) is 19.3. The molecule has 0 bridgehead atoms. The molecule has 7 heterocycles. The lowest BCUT2D eigenvalue weighted by atomic mass is 9.94. The molecule has 4 aromatic heterocycles. The van der Waals surface area contributed by atoms with E-state index < -0.39 is 5.91 Å². The molecule has 340 valence electrons. The van der Waals surface area contributed by atoms with Crippen molar-refractivity contribution in [3.63, 3.8) is 0 Å². The van der Waals surface area contributed by atoms with Crippen molar-refractivity contribution < 1.29 is 18.9 Å². The van der Waals surface area contributed by atoms with Crippen LogP contribution in [0.15, 0.2) is 53.3 Å². The van der Waals surface area contributed by atoms with Crippen LogP contribution in [0.3, 0.4) is 0 Å². The first-order valence-electron chi connectivity index (χ1n) is 23.0. The van der Waals surface area contributed by atoms with Crippen molar-refractivity contribution in [2.75, 3.05) is 49.1 Å². The van der Waals surface area contributed by atoms with Gasteiger partial charge >= 0.3 is 17.8 Å². The van der Waals surface area contributed by atoms with Gasteiger partial charge in [-0.05, 0) is 113 Å². The number of amides is 4. The molecule has 0 spiro atoms. The van der Waals surface area contributed by atoms with Crippen LogP contribution in [0.1, 0.15) is 116 Å². The van der Waals surface area contributed by atoms with Crippen LogP contribution in [0.4, 0.5) is 16.2 Å². The molecule has 0 radical (unpaired) electrons. The summed E-state index contributed by atoms with van der Waals surface area (Å²) in [7, 11) is 0. The molecular formula is C49H60N12O4. The van der Waals surface area contributed by atoms with Crippen molar-refractivity contribution in [1.29, 1.82) is 0 Å². The molecule has 3 fully saturated rings. The van der Waals surface area contributed by atoms with Crippen molar-refractivity contribution in [2.45, 2.75) is 105 Å². The molecule has 3 aliphatic rings. The van der Waals surface area contributed by atoms with E-state index in [1.807, 2.05) is 59.7 Å². The van der Waals surface area contributed by atoms with E-state index in [-0.39, 0.29) is 29.3 Å². The number of rotatable bonds is 10. The van der Waals surface area contributed by atoms with Gasteiger partial charge in [0.05, 0.1) is 29.2 Å². The molecule has 1 atom stereocenters. The van der Waals surface area contributed by atoms with Crippen molar-refractivity contribution in [3.05, 3.63) is 88.6 Å². The second kappa shape index (κ2) is 17.5. The van der Waals surface area contributed by atoms with Gasteiger partial charge in [0, 0.05) is 84.7 Å². The summed E-state index contributed by atoms with van der Waals surface area (Å²) in [6, 6.07) is 14.3. The molecule has 16 nitrogen and oxygen atoms in total. The molecule has 2 aromatic carbocycles. The van der Waals surface area contributed by atoms with Gasteiger partial charge in [-0.3, -0.25) is 24.5 Å². The van der Waals surface area contributed by atoms with Gasteiger partial charge in [0.15, 0.2) is 5.82 Å². The zero-order valence-corrected chi connectivity index (χ0v) is 38.8. The number of piperidine rings is 2. The van der Waals surface area contributed by atoms with Crippen LogP contribution in [0.2, 0.25) is 0 Å². The minimum absolute atomic E-state index is 0.0475. The smallest absolute Gasteiger partial charge is 0.328 e. The third-order valence-corrected chi connectivity index (χ3v) is 13.6. The standard InChI is InChI=1S/C49H60N12O4/c1-28-23-34(9-11-37(28)30(3)52-45(63)46-55-47(57-65-46)49(6,7)8)43-38-25-39(53-44(38)51-27-50-43)42-31(4)56-61(32(42)5)35-15-18-58(19-16-35)26-33-13-20-59(21-14-33)36-10-12-40(29(2)24-36)60-22-17-41(62)54-48(60)64/h9-12,23-25,27,30,33,35H,13-22,26H2,1-8H3,(H,52,63)(H,50,51,53)(H,54,62,64)/t30-/m1/s1. The molecule has 3 saturated heterocycles. The molecule has 3 N–H and O–H groups in total. The number of nitrogens with one attached hydrogen (secondary N) is 3. The average molecular weight is 881 g/mol. The second-order valence-electron chi connectivity index (χ2n) is 19.3. The van der Waals surface area contributed by atoms with Crippen LogP contribution < -0.4 is 20.4 Å². The Bertz CT molecular complexity index is 2760. The van der Waals surface area contributed by atoms with Gasteiger partial charge in [0.25, 0.3) is 0 Å². The summed E-state index contributed by atoms with van der Waals surface area (Å²) < 4.78 is 7.52. The van der Waals surface area contributed by atoms with Gasteiger partial charge in [-0.25, -0.2) is 14.8 Å². The van der Waals surface area contributed by atoms with Gasteiger partial charge in [-0.2, -0.15) is 10.1 Å². The first-order chi connectivity index (χ1) is 31.1. The number of urea groups is 1. The third kappa shape index (κ3) is 8.87. The number of aromatic nitrogens is 7. The highest BCUT2D eigenvalue weighted by molar-refractivity contribution is 6.06. The van der Waals surface area contributed by atoms with Gasteiger partial charge in [0.1, 0.15) is 12.0 Å². The number of aryl methyl sites for hydroxylation is 3. The largest absolute Gasteiger partial charge is 0.372 e. The number of likely N-dealkylation sites (tertiary alicyclic amines) is 1. The predicted octanol–water partition coefficient (Wildman–Crippen LogP) is 7.89. The Balaban J connectivity index is 0.808. The Morgan fingerprint density at radius 2 is 1.69 bits per heavy atom. The Morgan fingerprint density at radius 3 is 2.38 bits per heavy atom. The number of H-pyrrole nitrogens is 1. The van der Waals surface area contributed by atoms with E-state index in [1.54, 1.807) is 11.2 Å². The Kier molecular flexibility index (Phi) is 11.8. The number of aromatic amines is 1. The number of benzene rings is 2. The Morgan fingerprint density at radius 1 is 0.923 bits per heavy atom. The summed E-state index contributed by atoms with van der Waals surface area (Å²) in [6.45, 7) is 21.9. The molecule has 0 saturated carbocycles. The fourth-order valence-corrected chi connectivity index (χ4v) is 10.00. The molecule has 0 aliphatic carbocycles. The van der Waals surface area contributed by atoms with E-state index in [0.29, 0.717) is 30.7 Å². The highest BCUT2D eigenvalue weighted by Gasteiger charge is 2.30. The van der Waals surface area contributed by atoms with Gasteiger partial charge in [-0.1, -0.05) is 38.1 Å². The molecule has 16 heteroatoms. The van der Waals surface area contributed by atoms with Crippen LogP contribution in [0.25, 0.3) is 33.5 Å². The number of anilines is 2. The summed E-state index contributed by atoms with van der Waals surface area (Å²) in [5.41, 5.74) is 11.5. The Labute approximate surface area is 379 Å². The minimum Gasteiger partial charge on any atom is -0.372 e. The first kappa shape index (κ1) is 43.8. The lowest BCUT2D eigenvalue weighted by Crippen LogP contribution is -2.49. The fraction of sp³-hybridized carbons (Fsp3) is 0.469. The van der Waals surface area contributed by atoms with E-state index in [9.17, 15) is 14.4 Å². The number of carbonyl (C=O) groups excluding carboxylic acids is 3. The zero-order valence-electron chi connectivity index (χ0n) is 38.8. The maximum atomic E-state index is 13.0. The number of imide groups is 1. The molecule has 6 aromatic rings. The fourth-order valence-electron chi connectivity index (χ4n) is 10.00. The van der Waals surface area contributed by atoms with Crippen LogP contribution in [-0.4, -0.2) is 96.9 Å². The molecule has 9 rings (SSSR count). The molecule has 4 amide bonds. The normalized spacial score (nSPS) is 17.5. The number of fused-ring (bicyclic) bond motifs is 1. The van der Waals surface area contributed by atoms with Crippen LogP contribution in [-0.2, 0) is 10.2 Å². The Hall–Kier alpha value is -6.42. The van der Waals surface area contributed by atoms with Crippen LogP contribution >= 0.6 is 0 Å². The summed E-state index contributed by atoms with van der Waals surface area (Å²) in [5.74, 6) is 0.478. The van der Waals surface area contributed by atoms with Crippen molar-refractivity contribution in [2.24, 2.45) is 5.92 Å². The lowest BCUT2D eigenvalue weighted by Gasteiger charge is -2.38. The predicted molar refractivity (Wildman–Crippen MR) is 250 cm³/mol.